The molecule has 2 rings (SSSR count). The number of hydrogen-bond acceptors (Lipinski definition) is 1. The van der Waals surface area contributed by atoms with Crippen molar-refractivity contribution in [2.75, 3.05) is 0 Å². The second-order valence-electron chi connectivity index (χ2n) is 6.82. The van der Waals surface area contributed by atoms with Crippen LogP contribution in [0.5, 0.6) is 0 Å². The fraction of sp³-hybridized carbons (Fsp3) is 0.400. The van der Waals surface area contributed by atoms with E-state index in [9.17, 15) is 0 Å². The lowest BCUT2D eigenvalue weighted by molar-refractivity contribution is 0.551. The average Bonchev–Trinajstić information content (AvgIpc) is 2.47. The first-order chi connectivity index (χ1) is 9.98. The lowest BCUT2D eigenvalue weighted by Crippen LogP contribution is -2.20. The van der Waals surface area contributed by atoms with Crippen molar-refractivity contribution in [1.29, 1.82) is 0 Å². The van der Waals surface area contributed by atoms with Gasteiger partial charge in [0.15, 0.2) is 0 Å². The first-order valence-electron chi connectivity index (χ1n) is 7.87. The van der Waals surface area contributed by atoms with E-state index in [2.05, 4.69) is 75.4 Å². The maximum atomic E-state index is 6.46. The average molecular weight is 281 g/mol. The summed E-state index contributed by atoms with van der Waals surface area (Å²) >= 11 is 0. The quantitative estimate of drug-likeness (QED) is 0.819. The Morgan fingerprint density at radius 3 is 2.19 bits per heavy atom. The monoisotopic (exact) mass is 281 g/mol. The van der Waals surface area contributed by atoms with Crippen LogP contribution in [0.2, 0.25) is 0 Å². The fourth-order valence-electron chi connectivity index (χ4n) is 2.83. The first kappa shape index (κ1) is 15.8. The molecule has 0 aliphatic carbocycles. The smallest absolute Gasteiger partial charge is 0.0297 e. The zero-order chi connectivity index (χ0) is 15.3. The molecule has 1 unspecified atom stereocenters. The van der Waals surface area contributed by atoms with Gasteiger partial charge in [0.1, 0.15) is 0 Å². The third-order valence-corrected chi connectivity index (χ3v) is 3.99. The predicted octanol–water partition coefficient (Wildman–Crippen LogP) is 5.01. The second-order valence-corrected chi connectivity index (χ2v) is 6.82. The van der Waals surface area contributed by atoms with E-state index < -0.39 is 0 Å². The van der Waals surface area contributed by atoms with Crippen LogP contribution in [-0.2, 0) is 11.8 Å². The van der Waals surface area contributed by atoms with E-state index in [4.69, 9.17) is 5.73 Å². The summed E-state index contributed by atoms with van der Waals surface area (Å²) in [7, 11) is 0. The minimum atomic E-state index is 0.129. The van der Waals surface area contributed by atoms with Gasteiger partial charge in [-0.3, -0.25) is 0 Å². The van der Waals surface area contributed by atoms with Crippen molar-refractivity contribution in [2.45, 2.75) is 51.5 Å². The van der Waals surface area contributed by atoms with Gasteiger partial charge >= 0.3 is 0 Å². The number of nitrogens with two attached hydrogens (primary N) is 1. The van der Waals surface area contributed by atoms with Gasteiger partial charge in [0, 0.05) is 6.04 Å². The second kappa shape index (κ2) is 6.91. The normalized spacial score (nSPS) is 13.1. The van der Waals surface area contributed by atoms with Crippen LogP contribution in [0.15, 0.2) is 54.6 Å². The lowest BCUT2D eigenvalue weighted by atomic mass is 9.81. The molecular weight excluding hydrogens is 254 g/mol. The van der Waals surface area contributed by atoms with E-state index in [0.29, 0.717) is 0 Å². The van der Waals surface area contributed by atoms with Gasteiger partial charge in [0.25, 0.3) is 0 Å². The number of rotatable bonds is 5. The van der Waals surface area contributed by atoms with Crippen molar-refractivity contribution in [2.24, 2.45) is 5.73 Å². The van der Waals surface area contributed by atoms with E-state index in [-0.39, 0.29) is 11.5 Å². The van der Waals surface area contributed by atoms with Crippen molar-refractivity contribution in [3.05, 3.63) is 71.3 Å². The number of benzene rings is 2. The van der Waals surface area contributed by atoms with Crippen molar-refractivity contribution >= 4 is 0 Å². The minimum absolute atomic E-state index is 0.129. The van der Waals surface area contributed by atoms with E-state index in [1.165, 1.54) is 16.7 Å². The molecule has 0 bridgehead atoms. The minimum Gasteiger partial charge on any atom is -0.324 e. The highest BCUT2D eigenvalue weighted by atomic mass is 14.6. The number of hydrogen-bond donors (Lipinski definition) is 1. The van der Waals surface area contributed by atoms with E-state index in [1.807, 2.05) is 0 Å². The Labute approximate surface area is 129 Å². The van der Waals surface area contributed by atoms with Crippen LogP contribution < -0.4 is 5.73 Å². The van der Waals surface area contributed by atoms with Crippen molar-refractivity contribution in [3.8, 4) is 0 Å². The molecule has 0 amide bonds. The van der Waals surface area contributed by atoms with E-state index in [1.54, 1.807) is 0 Å². The van der Waals surface area contributed by atoms with Gasteiger partial charge in [0.2, 0.25) is 0 Å². The Hall–Kier alpha value is -1.60. The molecule has 0 aromatic heterocycles. The van der Waals surface area contributed by atoms with Gasteiger partial charge in [0.05, 0.1) is 0 Å². The maximum absolute atomic E-state index is 6.46. The van der Waals surface area contributed by atoms with Gasteiger partial charge in [-0.1, -0.05) is 75.4 Å². The molecule has 0 aliphatic rings. The van der Waals surface area contributed by atoms with Crippen molar-refractivity contribution in [3.63, 3.8) is 0 Å². The molecule has 2 aromatic carbocycles. The summed E-state index contributed by atoms with van der Waals surface area (Å²) in [6.45, 7) is 6.76. The number of aryl methyl sites for hydroxylation is 1. The zero-order valence-corrected chi connectivity index (χ0v) is 13.5. The van der Waals surface area contributed by atoms with Crippen LogP contribution in [0.3, 0.4) is 0 Å². The molecule has 0 saturated heterocycles. The highest BCUT2D eigenvalue weighted by Gasteiger charge is 2.20. The Kier molecular flexibility index (Phi) is 5.19. The highest BCUT2D eigenvalue weighted by Crippen LogP contribution is 2.30. The molecule has 2 N–H and O–H groups in total. The van der Waals surface area contributed by atoms with Crippen LogP contribution in [0.4, 0.5) is 0 Å². The van der Waals surface area contributed by atoms with Crippen LogP contribution >= 0.6 is 0 Å². The van der Waals surface area contributed by atoms with Crippen molar-refractivity contribution in [1.82, 2.24) is 0 Å². The molecule has 0 radical (unpaired) electrons. The van der Waals surface area contributed by atoms with Crippen LogP contribution in [-0.4, -0.2) is 0 Å². The van der Waals surface area contributed by atoms with Gasteiger partial charge in [-0.15, -0.1) is 0 Å². The molecule has 1 atom stereocenters. The van der Waals surface area contributed by atoms with Gasteiger partial charge in [-0.2, -0.15) is 0 Å². The van der Waals surface area contributed by atoms with E-state index in [0.717, 1.165) is 19.3 Å². The first-order valence-corrected chi connectivity index (χ1v) is 7.87. The van der Waals surface area contributed by atoms with E-state index >= 15 is 0 Å². The molecule has 112 valence electrons. The van der Waals surface area contributed by atoms with Crippen LogP contribution in [0.1, 0.15) is 56.3 Å². The summed E-state index contributed by atoms with van der Waals surface area (Å²) in [5, 5.41) is 0. The molecule has 21 heavy (non-hydrogen) atoms. The van der Waals surface area contributed by atoms with Gasteiger partial charge in [-0.25, -0.2) is 0 Å². The predicted molar refractivity (Wildman–Crippen MR) is 91.5 cm³/mol. The summed E-state index contributed by atoms with van der Waals surface area (Å²) in [5.74, 6) is 0. The van der Waals surface area contributed by atoms with Gasteiger partial charge in [-0.05, 0) is 41.4 Å². The molecule has 1 heteroatoms. The summed E-state index contributed by atoms with van der Waals surface area (Å²) in [4.78, 5) is 0. The largest absolute Gasteiger partial charge is 0.324 e. The summed E-state index contributed by atoms with van der Waals surface area (Å²) < 4.78 is 0. The standard InChI is InChI=1S/C20H27N/c1-20(2,3)18-14-8-7-13-17(18)19(21)15-9-12-16-10-5-4-6-11-16/h4-8,10-11,13-14,19H,9,12,15,21H2,1-3H3. The molecule has 0 aliphatic heterocycles. The lowest BCUT2D eigenvalue weighted by Gasteiger charge is -2.26. The van der Waals surface area contributed by atoms with Gasteiger partial charge < -0.3 is 5.73 Å². The molecule has 2 aromatic rings. The molecule has 0 saturated carbocycles. The third kappa shape index (κ3) is 4.44. The maximum Gasteiger partial charge on any atom is 0.0297 e. The summed E-state index contributed by atoms with van der Waals surface area (Å²) in [6, 6.07) is 19.4. The zero-order valence-electron chi connectivity index (χ0n) is 13.5. The summed E-state index contributed by atoms with van der Waals surface area (Å²) in [5.41, 5.74) is 10.7. The fourth-order valence-corrected chi connectivity index (χ4v) is 2.83. The Bertz CT molecular complexity index is 552. The molecule has 0 spiro atoms. The summed E-state index contributed by atoms with van der Waals surface area (Å²) in [6.07, 6.45) is 3.26. The molecule has 1 nitrogen and oxygen atoms in total. The Morgan fingerprint density at radius 2 is 1.52 bits per heavy atom. The highest BCUT2D eigenvalue weighted by molar-refractivity contribution is 5.35. The SMILES string of the molecule is CC(C)(C)c1ccccc1C(N)CCCc1ccccc1. The Morgan fingerprint density at radius 1 is 0.905 bits per heavy atom. The molecule has 0 heterocycles. The Balaban J connectivity index is 1.99. The van der Waals surface area contributed by atoms with Crippen LogP contribution in [0.25, 0.3) is 0 Å². The molecular formula is C20H27N. The topological polar surface area (TPSA) is 26.0 Å². The van der Waals surface area contributed by atoms with Crippen molar-refractivity contribution < 1.29 is 0 Å². The molecule has 0 fully saturated rings. The third-order valence-electron chi connectivity index (χ3n) is 3.99. The van der Waals surface area contributed by atoms with Crippen LogP contribution in [0, 0.1) is 0 Å².